The van der Waals surface area contributed by atoms with Gasteiger partial charge in [-0.05, 0) is 57.5 Å². The highest BCUT2D eigenvalue weighted by molar-refractivity contribution is 7.98. The standard InChI is InChI=1S/C13H29NS/c1-7-13(5,9-8-10-15-6)11-14-12(2,3)4/h14H,7-11H2,1-6H3. The molecule has 1 N–H and O–H groups in total. The van der Waals surface area contributed by atoms with Crippen molar-refractivity contribution in [1.82, 2.24) is 5.32 Å². The summed E-state index contributed by atoms with van der Waals surface area (Å²) in [5, 5.41) is 3.63. The second-order valence-corrected chi connectivity index (χ2v) is 6.85. The molecule has 0 heterocycles. The molecule has 0 aliphatic rings. The minimum absolute atomic E-state index is 0.246. The van der Waals surface area contributed by atoms with Crippen LogP contribution in [0.2, 0.25) is 0 Å². The molecule has 0 fully saturated rings. The second-order valence-electron chi connectivity index (χ2n) is 5.86. The Morgan fingerprint density at radius 2 is 1.73 bits per heavy atom. The average molecular weight is 231 g/mol. The van der Waals surface area contributed by atoms with Gasteiger partial charge in [-0.2, -0.15) is 11.8 Å². The molecule has 0 amide bonds. The molecule has 92 valence electrons. The average Bonchev–Trinajstić information content (AvgIpc) is 2.14. The lowest BCUT2D eigenvalue weighted by molar-refractivity contribution is 0.238. The summed E-state index contributed by atoms with van der Waals surface area (Å²) in [4.78, 5) is 0. The van der Waals surface area contributed by atoms with E-state index in [4.69, 9.17) is 0 Å². The van der Waals surface area contributed by atoms with Gasteiger partial charge in [-0.1, -0.05) is 13.8 Å². The van der Waals surface area contributed by atoms with Crippen LogP contribution in [0.1, 0.15) is 53.9 Å². The van der Waals surface area contributed by atoms with E-state index in [-0.39, 0.29) is 5.54 Å². The predicted molar refractivity (Wildman–Crippen MR) is 73.8 cm³/mol. The number of hydrogen-bond acceptors (Lipinski definition) is 2. The normalized spacial score (nSPS) is 16.4. The van der Waals surface area contributed by atoms with Crippen molar-refractivity contribution in [3.8, 4) is 0 Å². The van der Waals surface area contributed by atoms with Crippen LogP contribution in [0.15, 0.2) is 0 Å². The summed E-state index contributed by atoms with van der Waals surface area (Å²) in [6, 6.07) is 0. The van der Waals surface area contributed by atoms with Crippen LogP contribution in [-0.4, -0.2) is 24.1 Å². The fourth-order valence-electron chi connectivity index (χ4n) is 1.51. The zero-order valence-electron chi connectivity index (χ0n) is 11.4. The molecule has 0 aliphatic heterocycles. The largest absolute Gasteiger partial charge is 0.312 e. The van der Waals surface area contributed by atoms with Gasteiger partial charge in [-0.15, -0.1) is 0 Å². The molecule has 15 heavy (non-hydrogen) atoms. The van der Waals surface area contributed by atoms with Crippen molar-refractivity contribution in [2.24, 2.45) is 5.41 Å². The van der Waals surface area contributed by atoms with Gasteiger partial charge < -0.3 is 5.32 Å². The molecule has 0 aromatic heterocycles. The Balaban J connectivity index is 3.96. The van der Waals surface area contributed by atoms with E-state index in [0.717, 1.165) is 6.54 Å². The van der Waals surface area contributed by atoms with Crippen LogP contribution >= 0.6 is 11.8 Å². The molecule has 2 heteroatoms. The predicted octanol–water partition coefficient (Wildman–Crippen LogP) is 3.93. The molecule has 1 nitrogen and oxygen atoms in total. The Morgan fingerprint density at radius 3 is 2.13 bits per heavy atom. The maximum absolute atomic E-state index is 3.63. The topological polar surface area (TPSA) is 12.0 Å². The van der Waals surface area contributed by atoms with E-state index in [1.54, 1.807) is 0 Å². The van der Waals surface area contributed by atoms with Crippen molar-refractivity contribution < 1.29 is 0 Å². The molecule has 1 atom stereocenters. The highest BCUT2D eigenvalue weighted by Gasteiger charge is 2.23. The van der Waals surface area contributed by atoms with Gasteiger partial charge >= 0.3 is 0 Å². The fraction of sp³-hybridized carbons (Fsp3) is 1.00. The molecule has 0 radical (unpaired) electrons. The Kier molecular flexibility index (Phi) is 6.94. The maximum Gasteiger partial charge on any atom is 0.00967 e. The van der Waals surface area contributed by atoms with Gasteiger partial charge in [0.05, 0.1) is 0 Å². The van der Waals surface area contributed by atoms with E-state index in [9.17, 15) is 0 Å². The third-order valence-electron chi connectivity index (χ3n) is 3.03. The summed E-state index contributed by atoms with van der Waals surface area (Å²) in [5.41, 5.74) is 0.721. The molecule has 0 saturated heterocycles. The summed E-state index contributed by atoms with van der Waals surface area (Å²) in [7, 11) is 0. The van der Waals surface area contributed by atoms with E-state index in [0.29, 0.717) is 5.41 Å². The smallest absolute Gasteiger partial charge is 0.00967 e. The third kappa shape index (κ3) is 8.15. The Morgan fingerprint density at radius 1 is 1.13 bits per heavy atom. The molecule has 0 aromatic rings. The SMILES string of the molecule is CCC(C)(CCCSC)CNC(C)(C)C. The molecule has 0 aliphatic carbocycles. The lowest BCUT2D eigenvalue weighted by Crippen LogP contribution is -2.42. The van der Waals surface area contributed by atoms with Gasteiger partial charge in [0.25, 0.3) is 0 Å². The van der Waals surface area contributed by atoms with Crippen molar-refractivity contribution in [3.05, 3.63) is 0 Å². The van der Waals surface area contributed by atoms with Gasteiger partial charge in [0, 0.05) is 12.1 Å². The number of thioether (sulfide) groups is 1. The zero-order valence-corrected chi connectivity index (χ0v) is 12.3. The highest BCUT2D eigenvalue weighted by atomic mass is 32.2. The first kappa shape index (κ1) is 15.3. The van der Waals surface area contributed by atoms with Crippen LogP contribution in [0, 0.1) is 5.41 Å². The van der Waals surface area contributed by atoms with E-state index < -0.39 is 0 Å². The first-order valence-corrected chi connectivity index (χ1v) is 7.46. The van der Waals surface area contributed by atoms with E-state index in [1.165, 1.54) is 25.0 Å². The van der Waals surface area contributed by atoms with Crippen molar-refractivity contribution in [1.29, 1.82) is 0 Å². The number of nitrogens with one attached hydrogen (secondary N) is 1. The van der Waals surface area contributed by atoms with Crippen LogP contribution in [0.3, 0.4) is 0 Å². The summed E-state index contributed by atoms with van der Waals surface area (Å²) < 4.78 is 0. The van der Waals surface area contributed by atoms with Gasteiger partial charge in [0.2, 0.25) is 0 Å². The molecular weight excluding hydrogens is 202 g/mol. The van der Waals surface area contributed by atoms with Crippen LogP contribution < -0.4 is 5.32 Å². The van der Waals surface area contributed by atoms with Crippen molar-refractivity contribution in [2.75, 3.05) is 18.6 Å². The molecule has 0 bridgehead atoms. The fourth-order valence-corrected chi connectivity index (χ4v) is 1.95. The Bertz CT molecular complexity index is 162. The van der Waals surface area contributed by atoms with Gasteiger partial charge in [-0.25, -0.2) is 0 Å². The van der Waals surface area contributed by atoms with Crippen molar-refractivity contribution >= 4 is 11.8 Å². The number of hydrogen-bond donors (Lipinski definition) is 1. The minimum Gasteiger partial charge on any atom is -0.312 e. The van der Waals surface area contributed by atoms with E-state index >= 15 is 0 Å². The van der Waals surface area contributed by atoms with Crippen LogP contribution in [0.25, 0.3) is 0 Å². The maximum atomic E-state index is 3.63. The zero-order chi connectivity index (χ0) is 11.9. The quantitative estimate of drug-likeness (QED) is 0.666. The molecule has 0 spiro atoms. The Hall–Kier alpha value is 0.310. The second kappa shape index (κ2) is 6.80. The summed E-state index contributed by atoms with van der Waals surface area (Å²) in [6.07, 6.45) is 6.14. The summed E-state index contributed by atoms with van der Waals surface area (Å²) in [5.74, 6) is 1.30. The number of rotatable bonds is 7. The molecule has 0 saturated carbocycles. The Labute approximate surface area is 101 Å². The first-order chi connectivity index (χ1) is 6.83. The van der Waals surface area contributed by atoms with Crippen LogP contribution in [-0.2, 0) is 0 Å². The minimum atomic E-state index is 0.246. The molecule has 1 unspecified atom stereocenters. The van der Waals surface area contributed by atoms with Gasteiger partial charge in [-0.3, -0.25) is 0 Å². The summed E-state index contributed by atoms with van der Waals surface area (Å²) in [6.45, 7) is 12.6. The molecule has 0 aromatic carbocycles. The monoisotopic (exact) mass is 231 g/mol. The lowest BCUT2D eigenvalue weighted by atomic mass is 9.82. The molecule has 0 rings (SSSR count). The third-order valence-corrected chi connectivity index (χ3v) is 3.72. The van der Waals surface area contributed by atoms with Gasteiger partial charge in [0.1, 0.15) is 0 Å². The summed E-state index contributed by atoms with van der Waals surface area (Å²) >= 11 is 1.96. The van der Waals surface area contributed by atoms with E-state index in [2.05, 4.69) is 46.2 Å². The highest BCUT2D eigenvalue weighted by Crippen LogP contribution is 2.27. The van der Waals surface area contributed by atoms with Crippen molar-refractivity contribution in [3.63, 3.8) is 0 Å². The van der Waals surface area contributed by atoms with E-state index in [1.807, 2.05) is 11.8 Å². The van der Waals surface area contributed by atoms with Crippen LogP contribution in [0.5, 0.6) is 0 Å². The van der Waals surface area contributed by atoms with Gasteiger partial charge in [0.15, 0.2) is 0 Å². The molecular formula is C13H29NS. The van der Waals surface area contributed by atoms with Crippen molar-refractivity contribution in [2.45, 2.75) is 59.4 Å². The van der Waals surface area contributed by atoms with Crippen LogP contribution in [0.4, 0.5) is 0 Å². The first-order valence-electron chi connectivity index (χ1n) is 6.07. The lowest BCUT2D eigenvalue weighted by Gasteiger charge is -2.33.